The first-order chi connectivity index (χ1) is 8.85. The zero-order chi connectivity index (χ0) is 12.5. The van der Waals surface area contributed by atoms with Crippen molar-refractivity contribution in [1.29, 1.82) is 0 Å². The molecule has 2 aromatic rings. The second-order valence-electron chi connectivity index (χ2n) is 4.53. The molecule has 0 amide bonds. The molecule has 1 heterocycles. The zero-order valence-electron chi connectivity index (χ0n) is 10.1. The summed E-state index contributed by atoms with van der Waals surface area (Å²) >= 11 is 0. The molecule has 4 heteroatoms. The van der Waals surface area contributed by atoms with Crippen molar-refractivity contribution in [2.45, 2.75) is 19.3 Å². The van der Waals surface area contributed by atoms with Crippen LogP contribution in [0, 0.1) is 0 Å². The van der Waals surface area contributed by atoms with E-state index in [2.05, 4.69) is 18.3 Å². The van der Waals surface area contributed by atoms with Crippen molar-refractivity contribution in [3.63, 3.8) is 0 Å². The predicted molar refractivity (Wildman–Crippen MR) is 73.7 cm³/mol. The molecule has 2 aromatic carbocycles. The van der Waals surface area contributed by atoms with Gasteiger partial charge in [0.05, 0.1) is 0 Å². The van der Waals surface area contributed by atoms with Crippen LogP contribution >= 0.6 is 8.69 Å². The molecule has 1 aliphatic heterocycles. The topological polar surface area (TPSA) is 38.3 Å². The van der Waals surface area contributed by atoms with Gasteiger partial charge in [-0.3, -0.25) is 0 Å². The predicted octanol–water partition coefficient (Wildman–Crippen LogP) is 4.34. The maximum atomic E-state index is 10.7. The molecule has 1 N–H and O–H groups in total. The van der Waals surface area contributed by atoms with E-state index in [4.69, 9.17) is 4.52 Å². The summed E-state index contributed by atoms with van der Waals surface area (Å²) in [7, 11) is -0.313. The molecule has 0 saturated heterocycles. The summed E-state index contributed by atoms with van der Waals surface area (Å²) in [6.07, 6.45) is 1.12. The molecule has 0 radical (unpaired) electrons. The summed E-state index contributed by atoms with van der Waals surface area (Å²) in [6.45, 7) is 3.17. The molecule has 0 saturated carbocycles. The molecule has 0 aromatic heterocycles. The van der Waals surface area contributed by atoms with Crippen molar-refractivity contribution < 1.29 is 9.09 Å². The lowest BCUT2D eigenvalue weighted by molar-refractivity contribution is 0.528. The van der Waals surface area contributed by atoms with E-state index in [-0.39, 0.29) is 8.69 Å². The Hall–Kier alpha value is -1.60. The molecule has 3 rings (SSSR count). The average Bonchev–Trinajstić information content (AvgIpc) is 2.82. The van der Waals surface area contributed by atoms with Crippen LogP contribution in [0.3, 0.4) is 0 Å². The van der Waals surface area contributed by atoms with Crippen molar-refractivity contribution in [2.24, 2.45) is 0 Å². The summed E-state index contributed by atoms with van der Waals surface area (Å²) in [4.78, 5) is 0. The first-order valence-electron chi connectivity index (χ1n) is 6.14. The first-order valence-corrected chi connectivity index (χ1v) is 6.87. The summed E-state index contributed by atoms with van der Waals surface area (Å²) < 4.78 is 15.9. The second kappa shape index (κ2) is 4.58. The number of anilines is 1. The molecule has 0 bridgehead atoms. The van der Waals surface area contributed by atoms with Crippen molar-refractivity contribution in [3.05, 3.63) is 35.9 Å². The van der Waals surface area contributed by atoms with Crippen LogP contribution in [-0.4, -0.2) is 6.54 Å². The number of hydrogen-bond acceptors (Lipinski definition) is 3. The van der Waals surface area contributed by atoms with Crippen LogP contribution in [0.2, 0.25) is 0 Å². The molecule has 3 nitrogen and oxygen atoms in total. The fourth-order valence-corrected chi connectivity index (χ4v) is 2.98. The molecular weight excluding hydrogens is 245 g/mol. The van der Waals surface area contributed by atoms with Gasteiger partial charge in [-0.25, -0.2) is 4.57 Å². The Kier molecular flexibility index (Phi) is 2.92. The highest BCUT2D eigenvalue weighted by Gasteiger charge is 2.24. The monoisotopic (exact) mass is 259 g/mol. The standard InChI is InChI=1S/C14H14NO2P/c1-2-9-8-15-12-7-13(17-18-16)10-5-3-4-6-11(10)14(9)12/h3-7,9,15H,2,8H2,1H3/t9-/m1/s1. The van der Waals surface area contributed by atoms with E-state index in [1.54, 1.807) is 0 Å². The van der Waals surface area contributed by atoms with Crippen molar-refractivity contribution in [3.8, 4) is 5.75 Å². The van der Waals surface area contributed by atoms with Crippen LogP contribution < -0.4 is 9.84 Å². The minimum atomic E-state index is -0.313. The van der Waals surface area contributed by atoms with Crippen LogP contribution in [0.5, 0.6) is 5.75 Å². The normalized spacial score (nSPS) is 17.7. The van der Waals surface area contributed by atoms with Gasteiger partial charge in [-0.15, -0.1) is 0 Å². The Morgan fingerprint density at radius 1 is 1.39 bits per heavy atom. The van der Waals surface area contributed by atoms with Gasteiger partial charge in [-0.1, -0.05) is 31.2 Å². The van der Waals surface area contributed by atoms with E-state index in [9.17, 15) is 4.57 Å². The molecule has 1 atom stereocenters. The van der Waals surface area contributed by atoms with Gasteiger partial charge in [0, 0.05) is 29.6 Å². The Bertz CT molecular complexity index is 612. The van der Waals surface area contributed by atoms with Gasteiger partial charge >= 0.3 is 8.69 Å². The minimum absolute atomic E-state index is 0.313. The maximum Gasteiger partial charge on any atom is 0.395 e. The first kappa shape index (κ1) is 11.5. The lowest BCUT2D eigenvalue weighted by Crippen LogP contribution is -1.99. The number of benzene rings is 2. The molecular formula is C14H14NO2P. The summed E-state index contributed by atoms with van der Waals surface area (Å²) in [5.41, 5.74) is 2.47. The van der Waals surface area contributed by atoms with E-state index >= 15 is 0 Å². The third kappa shape index (κ3) is 1.67. The molecule has 1 aliphatic rings. The van der Waals surface area contributed by atoms with E-state index in [0.717, 1.165) is 24.0 Å². The molecule has 0 spiro atoms. The van der Waals surface area contributed by atoms with Crippen molar-refractivity contribution in [1.82, 2.24) is 0 Å². The molecule has 0 unspecified atom stereocenters. The highest BCUT2D eigenvalue weighted by molar-refractivity contribution is 7.17. The Labute approximate surface area is 107 Å². The average molecular weight is 259 g/mol. The van der Waals surface area contributed by atoms with Crippen LogP contribution in [0.15, 0.2) is 30.3 Å². The van der Waals surface area contributed by atoms with Gasteiger partial charge in [-0.2, -0.15) is 0 Å². The summed E-state index contributed by atoms with van der Waals surface area (Å²) in [5.74, 6) is 1.22. The van der Waals surface area contributed by atoms with Crippen molar-refractivity contribution in [2.75, 3.05) is 11.9 Å². The fraction of sp³-hybridized carbons (Fsp3) is 0.286. The minimum Gasteiger partial charge on any atom is -0.407 e. The number of rotatable bonds is 3. The second-order valence-corrected chi connectivity index (χ2v) is 4.87. The van der Waals surface area contributed by atoms with Gasteiger partial charge in [-0.05, 0) is 17.4 Å². The zero-order valence-corrected chi connectivity index (χ0v) is 11.0. The highest BCUT2D eigenvalue weighted by Crippen LogP contribution is 2.43. The number of fused-ring (bicyclic) bond motifs is 3. The number of nitrogens with one attached hydrogen (secondary N) is 1. The lowest BCUT2D eigenvalue weighted by atomic mass is 9.93. The molecule has 0 fully saturated rings. The molecule has 92 valence electrons. The third-order valence-corrected chi connectivity index (χ3v) is 3.90. The fourth-order valence-electron chi connectivity index (χ4n) is 2.75. The quantitative estimate of drug-likeness (QED) is 0.833. The largest absolute Gasteiger partial charge is 0.407 e. The Balaban J connectivity index is 2.30. The summed E-state index contributed by atoms with van der Waals surface area (Å²) in [5, 5.41) is 5.64. The van der Waals surface area contributed by atoms with E-state index in [1.165, 1.54) is 10.9 Å². The van der Waals surface area contributed by atoms with E-state index in [1.807, 2.05) is 24.3 Å². The van der Waals surface area contributed by atoms with Crippen LogP contribution in [0.4, 0.5) is 5.69 Å². The van der Waals surface area contributed by atoms with E-state index < -0.39 is 0 Å². The Morgan fingerprint density at radius 3 is 2.89 bits per heavy atom. The van der Waals surface area contributed by atoms with Crippen LogP contribution in [0.25, 0.3) is 10.8 Å². The highest BCUT2D eigenvalue weighted by atomic mass is 31.1. The van der Waals surface area contributed by atoms with Crippen molar-refractivity contribution >= 4 is 25.1 Å². The maximum absolute atomic E-state index is 10.7. The van der Waals surface area contributed by atoms with Gasteiger partial charge in [0.25, 0.3) is 0 Å². The Morgan fingerprint density at radius 2 is 2.17 bits per heavy atom. The van der Waals surface area contributed by atoms with Gasteiger partial charge < -0.3 is 9.84 Å². The number of hydrogen-bond donors (Lipinski definition) is 1. The summed E-state index contributed by atoms with van der Waals surface area (Å²) in [6, 6.07) is 10.1. The third-order valence-electron chi connectivity index (χ3n) is 3.62. The smallest absolute Gasteiger partial charge is 0.395 e. The van der Waals surface area contributed by atoms with Crippen LogP contribution in [0.1, 0.15) is 24.8 Å². The van der Waals surface area contributed by atoms with Gasteiger partial charge in [0.15, 0.2) is 0 Å². The van der Waals surface area contributed by atoms with Gasteiger partial charge in [0.1, 0.15) is 5.75 Å². The molecule has 0 aliphatic carbocycles. The lowest BCUT2D eigenvalue weighted by Gasteiger charge is -2.12. The van der Waals surface area contributed by atoms with Crippen LogP contribution in [-0.2, 0) is 4.57 Å². The van der Waals surface area contributed by atoms with E-state index in [0.29, 0.717) is 11.7 Å². The molecule has 18 heavy (non-hydrogen) atoms. The SMILES string of the molecule is CC[C@@H]1CNc2cc(OP=O)c3ccccc3c21. The van der Waals surface area contributed by atoms with Gasteiger partial charge in [0.2, 0.25) is 0 Å².